The maximum absolute atomic E-state index is 12.8. The molecule has 2 atom stereocenters. The first-order valence-corrected chi connectivity index (χ1v) is 11.2. The van der Waals surface area contributed by atoms with Gasteiger partial charge in [0.1, 0.15) is 4.21 Å². The monoisotopic (exact) mass is 386 g/mol. The molecule has 1 amide bonds. The molecule has 6 nitrogen and oxygen atoms in total. The normalized spacial score (nSPS) is 26.5. The van der Waals surface area contributed by atoms with E-state index in [1.54, 1.807) is 29.5 Å². The van der Waals surface area contributed by atoms with Crippen molar-refractivity contribution in [3.8, 4) is 0 Å². The maximum atomic E-state index is 12.8. The minimum absolute atomic E-state index is 0.0409. The van der Waals surface area contributed by atoms with Gasteiger partial charge in [0.05, 0.1) is 12.1 Å². The molecule has 2 aliphatic rings. The van der Waals surface area contributed by atoms with Crippen molar-refractivity contribution < 1.29 is 18.3 Å². The number of amides is 1. The van der Waals surface area contributed by atoms with E-state index in [1.807, 2.05) is 0 Å². The fourth-order valence-corrected chi connectivity index (χ4v) is 6.49. The molecule has 1 saturated carbocycles. The van der Waals surface area contributed by atoms with Crippen LogP contribution in [0, 0.1) is 5.92 Å². The molecular formula is C17H26N2O4S2. The number of rotatable bonds is 4. The smallest absolute Gasteiger partial charge is 0.252 e. The van der Waals surface area contributed by atoms with E-state index in [2.05, 4.69) is 0 Å². The Bertz CT molecular complexity index is 682. The molecule has 140 valence electrons. The second-order valence-electron chi connectivity index (χ2n) is 6.98. The van der Waals surface area contributed by atoms with E-state index in [4.69, 9.17) is 0 Å². The summed E-state index contributed by atoms with van der Waals surface area (Å²) in [6.07, 6.45) is 4.28. The highest BCUT2D eigenvalue weighted by atomic mass is 32.2. The molecule has 3 rings (SSSR count). The molecule has 0 aromatic carbocycles. The lowest BCUT2D eigenvalue weighted by molar-refractivity contribution is -0.141. The van der Waals surface area contributed by atoms with Gasteiger partial charge in [-0.15, -0.1) is 11.3 Å². The zero-order valence-corrected chi connectivity index (χ0v) is 16.1. The van der Waals surface area contributed by atoms with Crippen LogP contribution in [-0.2, 0) is 14.8 Å². The van der Waals surface area contributed by atoms with E-state index in [1.165, 1.54) is 15.6 Å². The lowest BCUT2D eigenvalue weighted by Crippen LogP contribution is -2.50. The Morgan fingerprint density at radius 3 is 2.52 bits per heavy atom. The first-order chi connectivity index (χ1) is 11.9. The van der Waals surface area contributed by atoms with E-state index < -0.39 is 16.1 Å². The number of hydrogen-bond donors (Lipinski definition) is 1. The second-order valence-corrected chi connectivity index (χ2v) is 10.1. The summed E-state index contributed by atoms with van der Waals surface area (Å²) in [6.45, 7) is 0.745. The largest absolute Gasteiger partial charge is 0.391 e. The quantitative estimate of drug-likeness (QED) is 0.857. The van der Waals surface area contributed by atoms with Gasteiger partial charge in [-0.05, 0) is 37.1 Å². The van der Waals surface area contributed by atoms with Crippen LogP contribution in [0.1, 0.15) is 38.5 Å². The minimum atomic E-state index is -3.43. The highest BCUT2D eigenvalue weighted by Gasteiger charge is 2.36. The number of piperidine rings is 1. The predicted molar refractivity (Wildman–Crippen MR) is 96.8 cm³/mol. The van der Waals surface area contributed by atoms with E-state index in [0.717, 1.165) is 25.7 Å². The number of likely N-dealkylation sites (N-methyl/N-ethyl adjacent to an activating group) is 1. The number of thiophene rings is 1. The van der Waals surface area contributed by atoms with Crippen LogP contribution in [-0.4, -0.2) is 60.9 Å². The van der Waals surface area contributed by atoms with Crippen molar-refractivity contribution in [2.75, 3.05) is 20.1 Å². The maximum Gasteiger partial charge on any atom is 0.252 e. The molecule has 2 fully saturated rings. The zero-order valence-electron chi connectivity index (χ0n) is 14.5. The third kappa shape index (κ3) is 3.92. The third-order valence-electron chi connectivity index (χ3n) is 5.43. The fourth-order valence-electron chi connectivity index (χ4n) is 3.88. The van der Waals surface area contributed by atoms with Gasteiger partial charge in [-0.1, -0.05) is 18.9 Å². The molecule has 1 aliphatic heterocycles. The van der Waals surface area contributed by atoms with Crippen LogP contribution in [0.4, 0.5) is 0 Å². The molecular weight excluding hydrogens is 360 g/mol. The standard InChI is InChI=1S/C17H26N2O4S2/c1-18(14-5-2-3-6-15(14)20)17(21)13-8-10-19(11-9-13)25(22,23)16-7-4-12-24-16/h4,7,12-15,20H,2-3,5-6,8-11H2,1H3/t14-,15-/m1/s1. The molecule has 0 radical (unpaired) electrons. The van der Waals surface area contributed by atoms with Gasteiger partial charge in [0.25, 0.3) is 10.0 Å². The Balaban J connectivity index is 1.59. The number of aliphatic hydroxyl groups excluding tert-OH is 1. The van der Waals surface area contributed by atoms with Crippen molar-refractivity contribution in [3.05, 3.63) is 17.5 Å². The van der Waals surface area contributed by atoms with Crippen LogP contribution in [0.5, 0.6) is 0 Å². The summed E-state index contributed by atoms with van der Waals surface area (Å²) in [7, 11) is -1.66. The summed E-state index contributed by atoms with van der Waals surface area (Å²) in [5, 5.41) is 11.9. The van der Waals surface area contributed by atoms with Crippen molar-refractivity contribution in [2.45, 2.75) is 54.9 Å². The van der Waals surface area contributed by atoms with Crippen molar-refractivity contribution in [3.63, 3.8) is 0 Å². The first kappa shape index (κ1) is 18.8. The number of carbonyl (C=O) groups is 1. The van der Waals surface area contributed by atoms with Crippen LogP contribution in [0.2, 0.25) is 0 Å². The van der Waals surface area contributed by atoms with E-state index in [0.29, 0.717) is 30.1 Å². The molecule has 0 bridgehead atoms. The van der Waals surface area contributed by atoms with Crippen LogP contribution in [0.3, 0.4) is 0 Å². The van der Waals surface area contributed by atoms with Crippen LogP contribution < -0.4 is 0 Å². The topological polar surface area (TPSA) is 77.9 Å². The summed E-state index contributed by atoms with van der Waals surface area (Å²) in [4.78, 5) is 14.5. The van der Waals surface area contributed by atoms with Crippen molar-refractivity contribution in [1.82, 2.24) is 9.21 Å². The van der Waals surface area contributed by atoms with Crippen molar-refractivity contribution >= 4 is 27.3 Å². The Kier molecular flexibility index (Phi) is 5.82. The minimum Gasteiger partial charge on any atom is -0.391 e. The highest BCUT2D eigenvalue weighted by molar-refractivity contribution is 7.91. The zero-order chi connectivity index (χ0) is 18.0. The summed E-state index contributed by atoms with van der Waals surface area (Å²) >= 11 is 1.22. The van der Waals surface area contributed by atoms with Gasteiger partial charge in [0.15, 0.2) is 0 Å². The number of nitrogens with zero attached hydrogens (tertiary/aromatic N) is 2. The van der Waals surface area contributed by atoms with Crippen LogP contribution in [0.15, 0.2) is 21.7 Å². The molecule has 0 unspecified atom stereocenters. The average Bonchev–Trinajstić information content (AvgIpc) is 3.16. The van der Waals surface area contributed by atoms with Gasteiger partial charge in [0.2, 0.25) is 5.91 Å². The third-order valence-corrected chi connectivity index (χ3v) is 8.70. The lowest BCUT2D eigenvalue weighted by Gasteiger charge is -2.38. The lowest BCUT2D eigenvalue weighted by atomic mass is 9.89. The summed E-state index contributed by atoms with van der Waals surface area (Å²) in [6, 6.07) is 3.25. The van der Waals surface area contributed by atoms with Gasteiger partial charge in [-0.3, -0.25) is 4.79 Å². The van der Waals surface area contributed by atoms with Gasteiger partial charge in [0, 0.05) is 26.1 Å². The number of carbonyl (C=O) groups excluding carboxylic acids is 1. The van der Waals surface area contributed by atoms with E-state index in [-0.39, 0.29) is 17.9 Å². The Labute approximate surface area is 153 Å². The molecule has 1 aliphatic carbocycles. The summed E-state index contributed by atoms with van der Waals surface area (Å²) in [5.41, 5.74) is 0. The van der Waals surface area contributed by atoms with Crippen molar-refractivity contribution in [1.29, 1.82) is 0 Å². The number of aliphatic hydroxyl groups is 1. The predicted octanol–water partition coefficient (Wildman–Crippen LogP) is 1.91. The SMILES string of the molecule is CN(C(=O)C1CCN(S(=O)(=O)c2cccs2)CC1)[C@@H]1CCCC[C@H]1O. The van der Waals surface area contributed by atoms with E-state index >= 15 is 0 Å². The first-order valence-electron chi connectivity index (χ1n) is 8.89. The molecule has 25 heavy (non-hydrogen) atoms. The van der Waals surface area contributed by atoms with Gasteiger partial charge in [-0.25, -0.2) is 8.42 Å². The Morgan fingerprint density at radius 2 is 1.92 bits per heavy atom. The molecule has 2 heterocycles. The van der Waals surface area contributed by atoms with Crippen molar-refractivity contribution in [2.24, 2.45) is 5.92 Å². The van der Waals surface area contributed by atoms with E-state index in [9.17, 15) is 18.3 Å². The highest BCUT2D eigenvalue weighted by Crippen LogP contribution is 2.29. The Morgan fingerprint density at radius 1 is 1.24 bits per heavy atom. The van der Waals surface area contributed by atoms with Crippen LogP contribution in [0.25, 0.3) is 0 Å². The molecule has 1 aromatic heterocycles. The molecule has 1 N–H and O–H groups in total. The summed E-state index contributed by atoms with van der Waals surface area (Å²) in [5.74, 6) is -0.118. The Hall–Kier alpha value is -0.960. The average molecular weight is 387 g/mol. The van der Waals surface area contributed by atoms with Gasteiger partial charge >= 0.3 is 0 Å². The molecule has 1 aromatic rings. The molecule has 1 saturated heterocycles. The number of sulfonamides is 1. The van der Waals surface area contributed by atoms with Gasteiger partial charge in [-0.2, -0.15) is 4.31 Å². The molecule has 0 spiro atoms. The van der Waals surface area contributed by atoms with Crippen LogP contribution >= 0.6 is 11.3 Å². The number of hydrogen-bond acceptors (Lipinski definition) is 5. The fraction of sp³-hybridized carbons (Fsp3) is 0.706. The molecule has 8 heteroatoms. The second kappa shape index (κ2) is 7.73. The van der Waals surface area contributed by atoms with Gasteiger partial charge < -0.3 is 10.0 Å². The summed E-state index contributed by atoms with van der Waals surface area (Å²) < 4.78 is 27.0.